The molecule has 2 rings (SSSR count). The maximum Gasteiger partial charge on any atom is 0.239 e. The molecule has 1 amide bonds. The van der Waals surface area contributed by atoms with Crippen molar-refractivity contribution in [2.24, 2.45) is 17.6 Å². The van der Waals surface area contributed by atoms with Gasteiger partial charge in [0.25, 0.3) is 0 Å². The summed E-state index contributed by atoms with van der Waals surface area (Å²) in [5.41, 5.74) is 5.75. The molecule has 2 aliphatic rings. The first-order valence-corrected chi connectivity index (χ1v) is 6.15. The van der Waals surface area contributed by atoms with E-state index in [9.17, 15) is 4.79 Å². The average Bonchev–Trinajstić information content (AvgIpc) is 2.53. The maximum atomic E-state index is 11.8. The first kappa shape index (κ1) is 10.9. The molecule has 4 unspecified atom stereocenters. The molecule has 86 valence electrons. The van der Waals surface area contributed by atoms with Gasteiger partial charge in [-0.05, 0) is 37.5 Å². The third-order valence-corrected chi connectivity index (χ3v) is 4.29. The van der Waals surface area contributed by atoms with Gasteiger partial charge in [-0.3, -0.25) is 4.79 Å². The molecule has 1 saturated heterocycles. The molecule has 0 spiro atoms. The largest absolute Gasteiger partial charge is 0.338 e. The predicted octanol–water partition coefficient (Wildman–Crippen LogP) is 1.37. The summed E-state index contributed by atoms with van der Waals surface area (Å²) in [6.45, 7) is 5.50. The molecule has 2 N–H and O–H groups in total. The third kappa shape index (κ3) is 2.03. The molecule has 0 aromatic rings. The average molecular weight is 210 g/mol. The van der Waals surface area contributed by atoms with Crippen molar-refractivity contribution in [1.82, 2.24) is 4.90 Å². The van der Waals surface area contributed by atoms with Crippen LogP contribution in [0.5, 0.6) is 0 Å². The number of rotatable bonds is 1. The fraction of sp³-hybridized carbons (Fsp3) is 0.917. The molecule has 3 nitrogen and oxygen atoms in total. The van der Waals surface area contributed by atoms with Crippen molar-refractivity contribution in [3.05, 3.63) is 0 Å². The molecule has 0 aromatic heterocycles. The summed E-state index contributed by atoms with van der Waals surface area (Å²) in [7, 11) is 0. The molecule has 15 heavy (non-hydrogen) atoms. The van der Waals surface area contributed by atoms with E-state index >= 15 is 0 Å². The van der Waals surface area contributed by atoms with Gasteiger partial charge in [0.1, 0.15) is 0 Å². The minimum absolute atomic E-state index is 0.182. The van der Waals surface area contributed by atoms with Gasteiger partial charge in [-0.15, -0.1) is 0 Å². The molecule has 0 aromatic carbocycles. The summed E-state index contributed by atoms with van der Waals surface area (Å²) < 4.78 is 0. The molecule has 1 saturated carbocycles. The number of amides is 1. The molecular formula is C12H22N2O. The number of carbonyl (C=O) groups is 1. The second-order valence-electron chi connectivity index (χ2n) is 5.35. The summed E-state index contributed by atoms with van der Waals surface area (Å²) >= 11 is 0. The quantitative estimate of drug-likeness (QED) is 0.710. The van der Waals surface area contributed by atoms with Gasteiger partial charge >= 0.3 is 0 Å². The van der Waals surface area contributed by atoms with Crippen molar-refractivity contribution < 1.29 is 4.79 Å². The van der Waals surface area contributed by atoms with Crippen LogP contribution in [0.4, 0.5) is 0 Å². The zero-order chi connectivity index (χ0) is 11.0. The summed E-state index contributed by atoms with van der Waals surface area (Å²) in [5.74, 6) is 1.74. The summed E-state index contributed by atoms with van der Waals surface area (Å²) in [5, 5.41) is 0. The van der Waals surface area contributed by atoms with E-state index in [0.29, 0.717) is 6.04 Å². The van der Waals surface area contributed by atoms with Gasteiger partial charge in [-0.2, -0.15) is 0 Å². The Balaban J connectivity index is 1.97. The lowest BCUT2D eigenvalue weighted by Gasteiger charge is -2.37. The maximum absolute atomic E-state index is 11.8. The van der Waals surface area contributed by atoms with Gasteiger partial charge in [0.2, 0.25) is 5.91 Å². The van der Waals surface area contributed by atoms with Crippen molar-refractivity contribution in [2.45, 2.75) is 51.6 Å². The van der Waals surface area contributed by atoms with Gasteiger partial charge < -0.3 is 10.6 Å². The second-order valence-corrected chi connectivity index (χ2v) is 5.35. The van der Waals surface area contributed by atoms with E-state index in [0.717, 1.165) is 24.8 Å². The van der Waals surface area contributed by atoms with Crippen molar-refractivity contribution in [1.29, 1.82) is 0 Å². The highest BCUT2D eigenvalue weighted by atomic mass is 16.2. The normalized spacial score (nSPS) is 42.3. The van der Waals surface area contributed by atoms with E-state index in [1.165, 1.54) is 19.3 Å². The topological polar surface area (TPSA) is 46.3 Å². The Labute approximate surface area is 92.0 Å². The smallest absolute Gasteiger partial charge is 0.239 e. The van der Waals surface area contributed by atoms with Crippen molar-refractivity contribution in [3.63, 3.8) is 0 Å². The van der Waals surface area contributed by atoms with E-state index in [1.54, 1.807) is 0 Å². The summed E-state index contributed by atoms with van der Waals surface area (Å²) in [6.07, 6.45) is 4.44. The number of hydrogen-bond donors (Lipinski definition) is 1. The Morgan fingerprint density at radius 2 is 1.93 bits per heavy atom. The molecule has 1 aliphatic carbocycles. The van der Waals surface area contributed by atoms with Crippen LogP contribution in [-0.4, -0.2) is 29.4 Å². The zero-order valence-electron chi connectivity index (χ0n) is 9.78. The van der Waals surface area contributed by atoms with Crippen LogP contribution in [0.2, 0.25) is 0 Å². The van der Waals surface area contributed by atoms with Gasteiger partial charge in [0.15, 0.2) is 0 Å². The Bertz CT molecular complexity index is 254. The second kappa shape index (κ2) is 4.12. The van der Waals surface area contributed by atoms with Crippen LogP contribution in [0.1, 0.15) is 39.5 Å². The van der Waals surface area contributed by atoms with Crippen molar-refractivity contribution >= 4 is 5.91 Å². The van der Waals surface area contributed by atoms with E-state index in [4.69, 9.17) is 5.73 Å². The van der Waals surface area contributed by atoms with E-state index in [2.05, 4.69) is 13.8 Å². The number of carbonyl (C=O) groups excluding carboxylic acids is 1. The van der Waals surface area contributed by atoms with Crippen LogP contribution < -0.4 is 5.73 Å². The van der Waals surface area contributed by atoms with E-state index in [1.807, 2.05) is 4.90 Å². The molecule has 4 atom stereocenters. The Morgan fingerprint density at radius 1 is 1.20 bits per heavy atom. The number of hydrogen-bond acceptors (Lipinski definition) is 2. The Morgan fingerprint density at radius 3 is 2.47 bits per heavy atom. The Hall–Kier alpha value is -0.570. The molecule has 3 heteroatoms. The van der Waals surface area contributed by atoms with Crippen LogP contribution in [0.3, 0.4) is 0 Å². The lowest BCUT2D eigenvalue weighted by molar-refractivity contribution is -0.131. The number of likely N-dealkylation sites (tertiary alicyclic amines) is 1. The molecule has 1 heterocycles. The van der Waals surface area contributed by atoms with Crippen LogP contribution in [0.15, 0.2) is 0 Å². The lowest BCUT2D eigenvalue weighted by Crippen LogP contribution is -2.43. The van der Waals surface area contributed by atoms with Gasteiger partial charge in [-0.25, -0.2) is 0 Å². The number of nitrogens with two attached hydrogens (primary N) is 1. The third-order valence-electron chi connectivity index (χ3n) is 4.29. The van der Waals surface area contributed by atoms with Crippen LogP contribution in [0, 0.1) is 11.8 Å². The zero-order valence-corrected chi connectivity index (χ0v) is 9.78. The van der Waals surface area contributed by atoms with E-state index in [-0.39, 0.29) is 11.9 Å². The van der Waals surface area contributed by atoms with Crippen LogP contribution in [-0.2, 0) is 4.79 Å². The van der Waals surface area contributed by atoms with E-state index < -0.39 is 0 Å². The highest BCUT2D eigenvalue weighted by molar-refractivity contribution is 5.84. The standard InChI is InChI=1S/C12H22N2O/c1-8-3-4-10(7-9(8)2)14-6-5-11(13)12(14)15/h8-11H,3-7,13H2,1-2H3. The monoisotopic (exact) mass is 210 g/mol. The summed E-state index contributed by atoms with van der Waals surface area (Å²) in [6, 6.07) is 0.247. The summed E-state index contributed by atoms with van der Waals surface area (Å²) in [4.78, 5) is 13.8. The SMILES string of the molecule is CC1CCC(N2CCC(N)C2=O)CC1C. The molecule has 0 radical (unpaired) electrons. The first-order valence-electron chi connectivity index (χ1n) is 6.15. The van der Waals surface area contributed by atoms with Crippen LogP contribution in [0.25, 0.3) is 0 Å². The minimum Gasteiger partial charge on any atom is -0.338 e. The van der Waals surface area contributed by atoms with Crippen molar-refractivity contribution in [2.75, 3.05) is 6.54 Å². The highest BCUT2D eigenvalue weighted by Crippen LogP contribution is 2.33. The highest BCUT2D eigenvalue weighted by Gasteiger charge is 2.36. The fourth-order valence-corrected chi connectivity index (χ4v) is 2.89. The first-order chi connectivity index (χ1) is 7.09. The van der Waals surface area contributed by atoms with Crippen molar-refractivity contribution in [3.8, 4) is 0 Å². The fourth-order valence-electron chi connectivity index (χ4n) is 2.89. The molecule has 1 aliphatic heterocycles. The van der Waals surface area contributed by atoms with Gasteiger partial charge in [0, 0.05) is 12.6 Å². The van der Waals surface area contributed by atoms with Gasteiger partial charge in [0.05, 0.1) is 6.04 Å². The Kier molecular flexibility index (Phi) is 3.01. The minimum atomic E-state index is -0.223. The molecule has 2 fully saturated rings. The molecule has 0 bridgehead atoms. The predicted molar refractivity (Wildman–Crippen MR) is 60.3 cm³/mol. The molecular weight excluding hydrogens is 188 g/mol. The lowest BCUT2D eigenvalue weighted by atomic mass is 9.78. The van der Waals surface area contributed by atoms with Gasteiger partial charge in [-0.1, -0.05) is 13.8 Å². The van der Waals surface area contributed by atoms with Crippen LogP contribution >= 0.6 is 0 Å². The number of nitrogens with zero attached hydrogens (tertiary/aromatic N) is 1.